The number of nitrogens with one attached hydrogen (secondary N) is 1. The SMILES string of the molecule is C=C(C)CCC(NN)C(C)(C)c1ccc(F)cc1. The Hall–Kier alpha value is -1.19. The van der Waals surface area contributed by atoms with Gasteiger partial charge in [0, 0.05) is 11.5 Å². The first-order valence-electron chi connectivity index (χ1n) is 6.24. The minimum absolute atomic E-state index is 0.125. The lowest BCUT2D eigenvalue weighted by Crippen LogP contribution is -2.48. The Labute approximate surface area is 109 Å². The van der Waals surface area contributed by atoms with Gasteiger partial charge in [0.1, 0.15) is 5.82 Å². The van der Waals surface area contributed by atoms with Crippen molar-refractivity contribution in [3.05, 3.63) is 47.8 Å². The van der Waals surface area contributed by atoms with Gasteiger partial charge in [-0.1, -0.05) is 31.6 Å². The van der Waals surface area contributed by atoms with Gasteiger partial charge in [-0.25, -0.2) is 4.39 Å². The van der Waals surface area contributed by atoms with Gasteiger partial charge in [-0.15, -0.1) is 6.58 Å². The Morgan fingerprint density at radius 2 is 1.94 bits per heavy atom. The average molecular weight is 250 g/mol. The van der Waals surface area contributed by atoms with Crippen LogP contribution in [0, 0.1) is 5.82 Å². The number of allylic oxidation sites excluding steroid dienone is 1. The molecule has 1 aromatic rings. The highest BCUT2D eigenvalue weighted by atomic mass is 19.1. The maximum Gasteiger partial charge on any atom is 0.123 e. The summed E-state index contributed by atoms with van der Waals surface area (Å²) in [5.74, 6) is 5.44. The largest absolute Gasteiger partial charge is 0.271 e. The predicted octanol–water partition coefficient (Wildman–Crippen LogP) is 3.29. The molecule has 0 aliphatic rings. The second-order valence-electron chi connectivity index (χ2n) is 5.44. The van der Waals surface area contributed by atoms with Crippen LogP contribution in [0.2, 0.25) is 0 Å². The minimum Gasteiger partial charge on any atom is -0.271 e. The van der Waals surface area contributed by atoms with E-state index in [2.05, 4.69) is 25.9 Å². The molecule has 1 unspecified atom stereocenters. The van der Waals surface area contributed by atoms with Crippen LogP contribution in [-0.2, 0) is 5.41 Å². The molecule has 2 nitrogen and oxygen atoms in total. The Bertz CT molecular complexity index is 395. The topological polar surface area (TPSA) is 38.0 Å². The quantitative estimate of drug-likeness (QED) is 0.462. The van der Waals surface area contributed by atoms with E-state index < -0.39 is 0 Å². The number of halogens is 1. The van der Waals surface area contributed by atoms with Crippen molar-refractivity contribution < 1.29 is 4.39 Å². The number of rotatable bonds is 6. The molecule has 18 heavy (non-hydrogen) atoms. The molecule has 1 rings (SSSR count). The molecule has 0 bridgehead atoms. The lowest BCUT2D eigenvalue weighted by Gasteiger charge is -2.34. The second kappa shape index (κ2) is 6.12. The zero-order chi connectivity index (χ0) is 13.8. The number of hydrogen-bond donors (Lipinski definition) is 2. The molecule has 0 saturated heterocycles. The molecule has 0 spiro atoms. The molecule has 3 heteroatoms. The predicted molar refractivity (Wildman–Crippen MR) is 74.6 cm³/mol. The van der Waals surface area contributed by atoms with Gasteiger partial charge in [0.2, 0.25) is 0 Å². The lowest BCUT2D eigenvalue weighted by atomic mass is 9.76. The van der Waals surface area contributed by atoms with Crippen molar-refractivity contribution in [2.45, 2.75) is 45.1 Å². The average Bonchev–Trinajstić information content (AvgIpc) is 2.29. The smallest absolute Gasteiger partial charge is 0.123 e. The van der Waals surface area contributed by atoms with Crippen LogP contribution >= 0.6 is 0 Å². The lowest BCUT2D eigenvalue weighted by molar-refractivity contribution is 0.326. The number of nitrogens with two attached hydrogens (primary N) is 1. The van der Waals surface area contributed by atoms with Crippen LogP contribution in [0.1, 0.15) is 39.2 Å². The first-order chi connectivity index (χ1) is 8.37. The van der Waals surface area contributed by atoms with Gasteiger partial charge in [0.05, 0.1) is 0 Å². The summed E-state index contributed by atoms with van der Waals surface area (Å²) in [6, 6.07) is 6.74. The van der Waals surface area contributed by atoms with Gasteiger partial charge in [-0.3, -0.25) is 11.3 Å². The van der Waals surface area contributed by atoms with E-state index in [-0.39, 0.29) is 17.3 Å². The summed E-state index contributed by atoms with van der Waals surface area (Å²) in [4.78, 5) is 0. The van der Waals surface area contributed by atoms with Crippen molar-refractivity contribution in [3.63, 3.8) is 0 Å². The van der Waals surface area contributed by atoms with E-state index in [1.165, 1.54) is 12.1 Å². The summed E-state index contributed by atoms with van der Waals surface area (Å²) < 4.78 is 13.0. The maximum absolute atomic E-state index is 13.0. The Kier molecular flexibility index (Phi) is 5.05. The second-order valence-corrected chi connectivity index (χ2v) is 5.44. The number of hydrazine groups is 1. The van der Waals surface area contributed by atoms with E-state index in [1.54, 1.807) is 0 Å². The summed E-state index contributed by atoms with van der Waals surface area (Å²) in [6.45, 7) is 10.2. The van der Waals surface area contributed by atoms with Crippen molar-refractivity contribution in [1.29, 1.82) is 0 Å². The van der Waals surface area contributed by atoms with Crippen LogP contribution in [0.15, 0.2) is 36.4 Å². The summed E-state index contributed by atoms with van der Waals surface area (Å²) in [7, 11) is 0. The normalized spacial score (nSPS) is 13.4. The van der Waals surface area contributed by atoms with Crippen LogP contribution in [0.5, 0.6) is 0 Å². The van der Waals surface area contributed by atoms with E-state index in [0.29, 0.717) is 0 Å². The molecule has 0 aromatic heterocycles. The Morgan fingerprint density at radius 1 is 1.39 bits per heavy atom. The van der Waals surface area contributed by atoms with E-state index in [1.807, 2.05) is 19.1 Å². The van der Waals surface area contributed by atoms with Crippen molar-refractivity contribution >= 4 is 0 Å². The number of benzene rings is 1. The van der Waals surface area contributed by atoms with E-state index in [0.717, 1.165) is 24.0 Å². The van der Waals surface area contributed by atoms with Gasteiger partial charge in [0.25, 0.3) is 0 Å². The molecular formula is C15H23FN2. The molecule has 1 aromatic carbocycles. The molecule has 0 aliphatic heterocycles. The summed E-state index contributed by atoms with van der Waals surface area (Å²) in [5.41, 5.74) is 4.94. The molecule has 0 fully saturated rings. The van der Waals surface area contributed by atoms with Crippen LogP contribution in [0.25, 0.3) is 0 Å². The first-order valence-corrected chi connectivity index (χ1v) is 6.24. The molecule has 0 aliphatic carbocycles. The highest BCUT2D eigenvalue weighted by Crippen LogP contribution is 2.29. The molecular weight excluding hydrogens is 227 g/mol. The standard InChI is InChI=1S/C15H23FN2/c1-11(2)5-10-14(18-17)15(3,4)12-6-8-13(16)9-7-12/h6-9,14,18H,1,5,10,17H2,2-4H3. The van der Waals surface area contributed by atoms with Crippen molar-refractivity contribution in [1.82, 2.24) is 5.43 Å². The monoisotopic (exact) mass is 250 g/mol. The molecule has 100 valence electrons. The van der Waals surface area contributed by atoms with E-state index in [4.69, 9.17) is 5.84 Å². The first kappa shape index (κ1) is 14.9. The third-order valence-corrected chi connectivity index (χ3v) is 3.52. The maximum atomic E-state index is 13.0. The molecule has 0 radical (unpaired) electrons. The third kappa shape index (κ3) is 3.65. The van der Waals surface area contributed by atoms with E-state index in [9.17, 15) is 4.39 Å². The fraction of sp³-hybridized carbons (Fsp3) is 0.467. The summed E-state index contributed by atoms with van der Waals surface area (Å²) >= 11 is 0. The minimum atomic E-state index is -0.214. The zero-order valence-corrected chi connectivity index (χ0v) is 11.5. The molecule has 0 amide bonds. The highest BCUT2D eigenvalue weighted by Gasteiger charge is 2.30. The van der Waals surface area contributed by atoms with Gasteiger partial charge in [-0.05, 0) is 37.5 Å². The van der Waals surface area contributed by atoms with Crippen LogP contribution < -0.4 is 11.3 Å². The number of hydrogen-bond acceptors (Lipinski definition) is 2. The Morgan fingerprint density at radius 3 is 2.39 bits per heavy atom. The van der Waals surface area contributed by atoms with Gasteiger partial charge in [-0.2, -0.15) is 0 Å². The van der Waals surface area contributed by atoms with Crippen LogP contribution in [0.4, 0.5) is 4.39 Å². The summed E-state index contributed by atoms with van der Waals surface area (Å²) in [5, 5.41) is 0. The fourth-order valence-corrected chi connectivity index (χ4v) is 2.12. The van der Waals surface area contributed by atoms with Gasteiger partial charge in [0.15, 0.2) is 0 Å². The van der Waals surface area contributed by atoms with Gasteiger partial charge < -0.3 is 0 Å². The van der Waals surface area contributed by atoms with Gasteiger partial charge >= 0.3 is 0 Å². The van der Waals surface area contributed by atoms with Crippen LogP contribution in [-0.4, -0.2) is 6.04 Å². The van der Waals surface area contributed by atoms with Crippen molar-refractivity contribution in [3.8, 4) is 0 Å². The molecule has 1 atom stereocenters. The Balaban J connectivity index is 2.87. The molecule has 0 heterocycles. The van der Waals surface area contributed by atoms with Crippen molar-refractivity contribution in [2.24, 2.45) is 5.84 Å². The third-order valence-electron chi connectivity index (χ3n) is 3.52. The van der Waals surface area contributed by atoms with Crippen LogP contribution in [0.3, 0.4) is 0 Å². The highest BCUT2D eigenvalue weighted by molar-refractivity contribution is 5.26. The van der Waals surface area contributed by atoms with E-state index >= 15 is 0 Å². The molecule has 3 N–H and O–H groups in total. The zero-order valence-electron chi connectivity index (χ0n) is 11.5. The molecule has 0 saturated carbocycles. The fourth-order valence-electron chi connectivity index (χ4n) is 2.12. The summed E-state index contributed by atoms with van der Waals surface area (Å²) in [6.07, 6.45) is 1.84. The van der Waals surface area contributed by atoms with Crippen molar-refractivity contribution in [2.75, 3.05) is 0 Å².